The number of nitrogens with one attached hydrogen (secondary N) is 1. The monoisotopic (exact) mass is 502 g/mol. The van der Waals surface area contributed by atoms with Gasteiger partial charge in [-0.25, -0.2) is 4.68 Å². The topological polar surface area (TPSA) is 61.2 Å². The van der Waals surface area contributed by atoms with Crippen molar-refractivity contribution in [1.29, 1.82) is 0 Å². The van der Waals surface area contributed by atoms with Crippen molar-refractivity contribution < 1.29 is 9.47 Å². The lowest BCUT2D eigenvalue weighted by Gasteiger charge is -2.39. The van der Waals surface area contributed by atoms with Crippen molar-refractivity contribution >= 4 is 35.0 Å². The highest BCUT2D eigenvalue weighted by atomic mass is 35.5. The number of nitrogens with zero attached hydrogens (tertiary/aromatic N) is 3. The first-order valence-corrected chi connectivity index (χ1v) is 12.8. The molecule has 0 bridgehead atoms. The summed E-state index contributed by atoms with van der Waals surface area (Å²) in [6.07, 6.45) is 1.65. The Morgan fingerprint density at radius 2 is 1.77 bits per heavy atom. The Labute approximate surface area is 212 Å². The highest BCUT2D eigenvalue weighted by molar-refractivity contribution is 7.98. The van der Waals surface area contributed by atoms with Crippen LogP contribution >= 0.6 is 23.4 Å². The third-order valence-corrected chi connectivity index (χ3v) is 7.18. The van der Waals surface area contributed by atoms with Crippen LogP contribution in [0.5, 0.6) is 11.5 Å². The van der Waals surface area contributed by atoms with Gasteiger partial charge in [-0.15, -0.1) is 5.10 Å². The number of hydrogen-bond acceptors (Lipinski definition) is 6. The number of hydrogen-bond donors (Lipinski definition) is 1. The predicted molar refractivity (Wildman–Crippen MR) is 139 cm³/mol. The van der Waals surface area contributed by atoms with E-state index in [0.717, 1.165) is 39.5 Å². The SMILES string of the molecule is COc1ccc([C@H]2C3=C(Nc4nc(SC)nn42)c2cc(Cl)ccc2O[C@@H]3c2ccc(C)cc2)cc1. The molecule has 0 amide bonds. The van der Waals surface area contributed by atoms with E-state index in [4.69, 9.17) is 31.2 Å². The zero-order chi connectivity index (χ0) is 24.1. The maximum Gasteiger partial charge on any atom is 0.227 e. The van der Waals surface area contributed by atoms with E-state index in [1.165, 1.54) is 17.3 Å². The molecule has 2 aliphatic heterocycles. The summed E-state index contributed by atoms with van der Waals surface area (Å²) in [6.45, 7) is 2.08. The number of anilines is 1. The lowest BCUT2D eigenvalue weighted by atomic mass is 9.84. The van der Waals surface area contributed by atoms with Crippen molar-refractivity contribution in [1.82, 2.24) is 14.8 Å². The fraction of sp³-hybridized carbons (Fsp3) is 0.185. The van der Waals surface area contributed by atoms with Gasteiger partial charge in [-0.3, -0.25) is 0 Å². The first-order chi connectivity index (χ1) is 17.1. The van der Waals surface area contributed by atoms with E-state index in [0.29, 0.717) is 16.1 Å². The van der Waals surface area contributed by atoms with Crippen LogP contribution in [0.15, 0.2) is 77.5 Å². The summed E-state index contributed by atoms with van der Waals surface area (Å²) in [4.78, 5) is 4.75. The molecule has 0 radical (unpaired) electrons. The zero-order valence-electron chi connectivity index (χ0n) is 19.4. The minimum absolute atomic E-state index is 0.237. The van der Waals surface area contributed by atoms with E-state index in [2.05, 4.69) is 48.6 Å². The van der Waals surface area contributed by atoms with Crippen LogP contribution in [0.4, 0.5) is 5.95 Å². The van der Waals surface area contributed by atoms with Gasteiger partial charge in [0, 0.05) is 16.2 Å². The molecule has 0 spiro atoms. The van der Waals surface area contributed by atoms with Gasteiger partial charge in [-0.1, -0.05) is 65.3 Å². The molecule has 0 saturated carbocycles. The second-order valence-electron chi connectivity index (χ2n) is 8.55. The highest BCUT2D eigenvalue weighted by Gasteiger charge is 2.41. The van der Waals surface area contributed by atoms with Crippen molar-refractivity contribution in [3.63, 3.8) is 0 Å². The van der Waals surface area contributed by atoms with Crippen molar-refractivity contribution in [3.8, 4) is 11.5 Å². The minimum Gasteiger partial charge on any atom is -0.497 e. The summed E-state index contributed by atoms with van der Waals surface area (Å²) in [5, 5.41) is 9.74. The number of aryl methyl sites for hydroxylation is 1. The molecule has 2 aliphatic rings. The Hall–Kier alpha value is -3.42. The Morgan fingerprint density at radius 3 is 2.49 bits per heavy atom. The lowest BCUT2D eigenvalue weighted by Crippen LogP contribution is -2.32. The predicted octanol–water partition coefficient (Wildman–Crippen LogP) is 6.53. The molecule has 6 nitrogen and oxygen atoms in total. The lowest BCUT2D eigenvalue weighted by molar-refractivity contribution is 0.223. The van der Waals surface area contributed by atoms with Gasteiger partial charge >= 0.3 is 0 Å². The van der Waals surface area contributed by atoms with Gasteiger partial charge in [0.2, 0.25) is 11.1 Å². The molecule has 1 N–H and O–H groups in total. The summed E-state index contributed by atoms with van der Waals surface area (Å²) in [6, 6.07) is 22.1. The Morgan fingerprint density at radius 1 is 1.03 bits per heavy atom. The number of fused-ring (bicyclic) bond motifs is 3. The largest absolute Gasteiger partial charge is 0.497 e. The summed E-state index contributed by atoms with van der Waals surface area (Å²) >= 11 is 7.95. The first kappa shape index (κ1) is 22.1. The van der Waals surface area contributed by atoms with E-state index in [-0.39, 0.29) is 12.1 Å². The van der Waals surface area contributed by atoms with Crippen molar-refractivity contribution in [2.45, 2.75) is 24.2 Å². The summed E-state index contributed by atoms with van der Waals surface area (Å²) < 4.78 is 14.0. The fourth-order valence-electron chi connectivity index (χ4n) is 4.69. The molecule has 0 aliphatic carbocycles. The van der Waals surface area contributed by atoms with Gasteiger partial charge in [0.15, 0.2) is 0 Å². The number of methoxy groups -OCH3 is 1. The van der Waals surface area contributed by atoms with E-state index in [1.54, 1.807) is 7.11 Å². The van der Waals surface area contributed by atoms with Gasteiger partial charge in [0.05, 0.1) is 12.8 Å². The fourth-order valence-corrected chi connectivity index (χ4v) is 5.21. The molecule has 3 aromatic carbocycles. The third-order valence-electron chi connectivity index (χ3n) is 6.41. The van der Waals surface area contributed by atoms with Gasteiger partial charge < -0.3 is 14.8 Å². The second-order valence-corrected chi connectivity index (χ2v) is 9.76. The average molecular weight is 503 g/mol. The zero-order valence-corrected chi connectivity index (χ0v) is 21.0. The first-order valence-electron chi connectivity index (χ1n) is 11.2. The maximum atomic E-state index is 6.68. The van der Waals surface area contributed by atoms with Crippen molar-refractivity contribution in [3.05, 3.63) is 99.6 Å². The second kappa shape index (κ2) is 8.66. The number of halogens is 1. The van der Waals surface area contributed by atoms with Crippen LogP contribution in [0.1, 0.15) is 34.4 Å². The summed E-state index contributed by atoms with van der Waals surface area (Å²) in [7, 11) is 1.67. The minimum atomic E-state index is -0.325. The molecule has 0 fully saturated rings. The summed E-state index contributed by atoms with van der Waals surface area (Å²) in [5.74, 6) is 2.26. The van der Waals surface area contributed by atoms with E-state index < -0.39 is 0 Å². The molecular formula is C27H23ClN4O2S. The van der Waals surface area contributed by atoms with Crippen LogP contribution in [-0.2, 0) is 0 Å². The van der Waals surface area contributed by atoms with Crippen molar-refractivity contribution in [2.24, 2.45) is 0 Å². The highest BCUT2D eigenvalue weighted by Crippen LogP contribution is 2.51. The molecule has 0 saturated heterocycles. The molecule has 35 heavy (non-hydrogen) atoms. The Kier molecular flexibility index (Phi) is 5.46. The van der Waals surface area contributed by atoms with E-state index in [1.807, 2.05) is 41.3 Å². The van der Waals surface area contributed by atoms with Gasteiger partial charge in [0.1, 0.15) is 23.6 Å². The molecule has 176 valence electrons. The van der Waals surface area contributed by atoms with Crippen molar-refractivity contribution in [2.75, 3.05) is 18.7 Å². The molecule has 8 heteroatoms. The van der Waals surface area contributed by atoms with Crippen LogP contribution < -0.4 is 14.8 Å². The quantitative estimate of drug-likeness (QED) is 0.320. The number of ether oxygens (including phenoxy) is 2. The molecule has 0 unspecified atom stereocenters. The van der Waals surface area contributed by atoms with Gasteiger partial charge in [-0.05, 0) is 54.6 Å². The van der Waals surface area contributed by atoms with Gasteiger partial charge in [0.25, 0.3) is 0 Å². The molecule has 2 atom stereocenters. The average Bonchev–Trinajstić information content (AvgIpc) is 3.31. The normalized spacial score (nSPS) is 18.2. The van der Waals surface area contributed by atoms with E-state index >= 15 is 0 Å². The Balaban J connectivity index is 1.62. The third kappa shape index (κ3) is 3.75. The van der Waals surface area contributed by atoms with Crippen LogP contribution in [0.25, 0.3) is 5.70 Å². The number of thioether (sulfide) groups is 1. The smallest absolute Gasteiger partial charge is 0.227 e. The van der Waals surface area contributed by atoms with Crippen LogP contribution in [0.2, 0.25) is 5.02 Å². The van der Waals surface area contributed by atoms with Gasteiger partial charge in [-0.2, -0.15) is 4.98 Å². The number of aromatic nitrogens is 3. The number of rotatable bonds is 4. The van der Waals surface area contributed by atoms with Crippen LogP contribution in [-0.4, -0.2) is 28.1 Å². The molecule has 6 rings (SSSR count). The molecular weight excluding hydrogens is 480 g/mol. The standard InChI is InChI=1S/C27H23ClN4O2S/c1-15-4-6-17(7-5-15)25-22-23(20-14-18(28)10-13-21(20)34-25)29-26-30-27(35-3)31-32(26)24(22)16-8-11-19(33-2)12-9-16/h4-14,24-25H,1-3H3,(H,29,30,31)/t24-,25+/m0/s1. The van der Waals surface area contributed by atoms with E-state index in [9.17, 15) is 0 Å². The number of benzene rings is 3. The molecule has 4 aromatic rings. The molecule has 3 heterocycles. The van der Waals surface area contributed by atoms with Crippen LogP contribution in [0, 0.1) is 6.92 Å². The Bertz CT molecular complexity index is 1450. The van der Waals surface area contributed by atoms with Crippen LogP contribution in [0.3, 0.4) is 0 Å². The maximum absolute atomic E-state index is 6.68. The molecule has 1 aromatic heterocycles. The summed E-state index contributed by atoms with van der Waals surface area (Å²) in [5.41, 5.74) is 6.24.